The highest BCUT2D eigenvalue weighted by Gasteiger charge is 2.33. The highest BCUT2D eigenvalue weighted by Crippen LogP contribution is 2.28. The Morgan fingerprint density at radius 1 is 1.45 bits per heavy atom. The first-order valence-electron chi connectivity index (χ1n) is 7.27. The molecule has 0 radical (unpaired) electrons. The summed E-state index contributed by atoms with van der Waals surface area (Å²) in [5.41, 5.74) is 2.14. The van der Waals surface area contributed by atoms with Gasteiger partial charge in [-0.1, -0.05) is 0 Å². The average molecular weight is 301 g/mol. The van der Waals surface area contributed by atoms with Crippen molar-refractivity contribution in [3.05, 3.63) is 41.2 Å². The Balaban J connectivity index is 1.77. The molecule has 1 N–H and O–H groups in total. The summed E-state index contributed by atoms with van der Waals surface area (Å²) in [6, 6.07) is 1.83. The summed E-state index contributed by atoms with van der Waals surface area (Å²) in [5, 5.41) is 7.20. The van der Waals surface area contributed by atoms with Crippen LogP contribution in [0.4, 0.5) is 0 Å². The molecule has 1 aliphatic heterocycles. The van der Waals surface area contributed by atoms with Crippen molar-refractivity contribution in [1.29, 1.82) is 0 Å². The summed E-state index contributed by atoms with van der Waals surface area (Å²) in [4.78, 5) is 20.8. The number of carbonyl (C=O) groups excluding carboxylic acids is 1. The summed E-state index contributed by atoms with van der Waals surface area (Å²) >= 11 is 0. The quantitative estimate of drug-likeness (QED) is 0.917. The van der Waals surface area contributed by atoms with Crippen LogP contribution in [0.5, 0.6) is 0 Å². The molecule has 116 valence electrons. The highest BCUT2D eigenvalue weighted by molar-refractivity contribution is 5.95. The molecule has 0 unspecified atom stereocenters. The van der Waals surface area contributed by atoms with Gasteiger partial charge in [0.2, 0.25) is 0 Å². The van der Waals surface area contributed by atoms with Gasteiger partial charge >= 0.3 is 0 Å². The van der Waals surface area contributed by atoms with E-state index in [0.29, 0.717) is 23.7 Å². The number of rotatable bonds is 3. The molecular formula is C15H19N5O2. The van der Waals surface area contributed by atoms with Crippen LogP contribution in [0.25, 0.3) is 0 Å². The second-order valence-corrected chi connectivity index (χ2v) is 5.46. The number of nitrogens with one attached hydrogen (secondary N) is 1. The van der Waals surface area contributed by atoms with Crippen LogP contribution < -0.4 is 5.32 Å². The van der Waals surface area contributed by atoms with Gasteiger partial charge in [-0.15, -0.1) is 0 Å². The number of hydrogen-bond donors (Lipinski definition) is 1. The topological polar surface area (TPSA) is 81.9 Å². The summed E-state index contributed by atoms with van der Waals surface area (Å²) < 4.78 is 7.54. The molecule has 7 nitrogen and oxygen atoms in total. The molecule has 1 fully saturated rings. The Labute approximate surface area is 128 Å². The molecule has 2 atom stereocenters. The minimum Gasteiger partial charge on any atom is -0.370 e. The van der Waals surface area contributed by atoms with Gasteiger partial charge in [-0.25, -0.2) is 9.97 Å². The second kappa shape index (κ2) is 5.84. The van der Waals surface area contributed by atoms with Gasteiger partial charge in [0.1, 0.15) is 11.9 Å². The molecule has 2 aromatic rings. The van der Waals surface area contributed by atoms with E-state index in [9.17, 15) is 4.79 Å². The summed E-state index contributed by atoms with van der Waals surface area (Å²) in [7, 11) is 1.87. The molecule has 0 spiro atoms. The first-order chi connectivity index (χ1) is 10.6. The van der Waals surface area contributed by atoms with E-state index in [1.165, 1.54) is 0 Å². The van der Waals surface area contributed by atoms with Gasteiger partial charge in [-0.3, -0.25) is 9.48 Å². The number of aromatic nitrogens is 4. The molecule has 0 saturated carbocycles. The van der Waals surface area contributed by atoms with Crippen LogP contribution in [0.2, 0.25) is 0 Å². The largest absolute Gasteiger partial charge is 0.370 e. The minimum atomic E-state index is -0.178. The lowest BCUT2D eigenvalue weighted by atomic mass is 10.1. The fourth-order valence-electron chi connectivity index (χ4n) is 2.74. The maximum Gasteiger partial charge on any atom is 0.255 e. The zero-order chi connectivity index (χ0) is 15.7. The van der Waals surface area contributed by atoms with Crippen molar-refractivity contribution in [3.8, 4) is 0 Å². The maximum atomic E-state index is 12.5. The van der Waals surface area contributed by atoms with Crippen LogP contribution in [0.1, 0.15) is 40.1 Å². The van der Waals surface area contributed by atoms with E-state index >= 15 is 0 Å². The zero-order valence-electron chi connectivity index (χ0n) is 12.9. The summed E-state index contributed by atoms with van der Waals surface area (Å²) in [6.07, 6.45) is 3.89. The van der Waals surface area contributed by atoms with Gasteiger partial charge in [0.25, 0.3) is 5.91 Å². The van der Waals surface area contributed by atoms with Crippen LogP contribution >= 0.6 is 0 Å². The molecule has 1 amide bonds. The first-order valence-corrected chi connectivity index (χ1v) is 7.27. The molecule has 1 saturated heterocycles. The van der Waals surface area contributed by atoms with Gasteiger partial charge in [0, 0.05) is 26.0 Å². The van der Waals surface area contributed by atoms with Crippen molar-refractivity contribution in [2.75, 3.05) is 6.61 Å². The van der Waals surface area contributed by atoms with Crippen molar-refractivity contribution in [2.24, 2.45) is 7.05 Å². The van der Waals surface area contributed by atoms with E-state index in [0.717, 1.165) is 12.1 Å². The van der Waals surface area contributed by atoms with Crippen LogP contribution in [0, 0.1) is 13.8 Å². The third-order valence-corrected chi connectivity index (χ3v) is 3.90. The Bertz CT molecular complexity index is 697. The first kappa shape index (κ1) is 14.6. The van der Waals surface area contributed by atoms with Gasteiger partial charge in [-0.05, 0) is 26.3 Å². The Morgan fingerprint density at radius 3 is 2.95 bits per heavy atom. The zero-order valence-corrected chi connectivity index (χ0v) is 12.9. The van der Waals surface area contributed by atoms with Crippen molar-refractivity contribution >= 4 is 5.91 Å². The number of aryl methyl sites for hydroxylation is 3. The lowest BCUT2D eigenvalue weighted by molar-refractivity contribution is 0.0791. The Hall–Kier alpha value is -2.28. The molecule has 3 heterocycles. The van der Waals surface area contributed by atoms with Crippen molar-refractivity contribution in [2.45, 2.75) is 32.4 Å². The minimum absolute atomic E-state index is 0.0800. The van der Waals surface area contributed by atoms with Gasteiger partial charge in [0.05, 0.1) is 23.0 Å². The van der Waals surface area contributed by atoms with Gasteiger partial charge < -0.3 is 10.1 Å². The smallest absolute Gasteiger partial charge is 0.255 e. The summed E-state index contributed by atoms with van der Waals surface area (Å²) in [5.74, 6) is 0.492. The van der Waals surface area contributed by atoms with E-state index in [4.69, 9.17) is 4.74 Å². The SMILES string of the molecule is Cc1ncc(C(=O)N[C@H]2CCO[C@@H]2c2ccnn2C)c(C)n1. The third-order valence-electron chi connectivity index (χ3n) is 3.90. The van der Waals surface area contributed by atoms with E-state index in [2.05, 4.69) is 20.4 Å². The molecule has 3 rings (SSSR count). The Kier molecular flexibility index (Phi) is 3.89. The molecule has 7 heteroatoms. The third kappa shape index (κ3) is 2.71. The fourth-order valence-corrected chi connectivity index (χ4v) is 2.74. The standard InChI is InChI=1S/C15H19N5O2/c1-9-11(8-16-10(2)18-9)15(21)19-12-5-7-22-14(12)13-4-6-17-20(13)3/h4,6,8,12,14H,5,7H2,1-3H3,(H,19,21)/t12-,14-/m0/s1. The van der Waals surface area contributed by atoms with E-state index < -0.39 is 0 Å². The molecule has 0 aliphatic carbocycles. The number of ether oxygens (including phenoxy) is 1. The number of amides is 1. The molecule has 0 bridgehead atoms. The normalized spacial score (nSPS) is 21.0. The molecule has 22 heavy (non-hydrogen) atoms. The molecule has 0 aromatic carbocycles. The molecule has 1 aliphatic rings. The maximum absolute atomic E-state index is 12.5. The number of nitrogens with zero attached hydrogens (tertiary/aromatic N) is 4. The van der Waals surface area contributed by atoms with E-state index in [-0.39, 0.29) is 18.1 Å². The predicted molar refractivity (Wildman–Crippen MR) is 79.3 cm³/mol. The summed E-state index contributed by atoms with van der Waals surface area (Å²) in [6.45, 7) is 4.23. The van der Waals surface area contributed by atoms with Crippen LogP contribution in [0.15, 0.2) is 18.5 Å². The van der Waals surface area contributed by atoms with Gasteiger partial charge in [0.15, 0.2) is 0 Å². The Morgan fingerprint density at radius 2 is 2.27 bits per heavy atom. The van der Waals surface area contributed by atoms with E-state index in [1.54, 1.807) is 24.0 Å². The van der Waals surface area contributed by atoms with Crippen molar-refractivity contribution in [1.82, 2.24) is 25.1 Å². The predicted octanol–water partition coefficient (Wildman–Crippen LogP) is 1.09. The van der Waals surface area contributed by atoms with Crippen molar-refractivity contribution < 1.29 is 9.53 Å². The molecule has 2 aromatic heterocycles. The van der Waals surface area contributed by atoms with Crippen LogP contribution in [-0.2, 0) is 11.8 Å². The monoisotopic (exact) mass is 301 g/mol. The average Bonchev–Trinajstić information content (AvgIpc) is 3.07. The fraction of sp³-hybridized carbons (Fsp3) is 0.467. The van der Waals surface area contributed by atoms with E-state index in [1.807, 2.05) is 20.0 Å². The van der Waals surface area contributed by atoms with Gasteiger partial charge in [-0.2, -0.15) is 5.10 Å². The number of carbonyl (C=O) groups is 1. The lowest BCUT2D eigenvalue weighted by Crippen LogP contribution is -2.37. The lowest BCUT2D eigenvalue weighted by Gasteiger charge is -2.20. The molecular weight excluding hydrogens is 282 g/mol. The van der Waals surface area contributed by atoms with Crippen LogP contribution in [-0.4, -0.2) is 38.3 Å². The number of hydrogen-bond acceptors (Lipinski definition) is 5. The highest BCUT2D eigenvalue weighted by atomic mass is 16.5. The van der Waals surface area contributed by atoms with Crippen LogP contribution in [0.3, 0.4) is 0 Å². The van der Waals surface area contributed by atoms with Crippen molar-refractivity contribution in [3.63, 3.8) is 0 Å². The second-order valence-electron chi connectivity index (χ2n) is 5.46.